The van der Waals surface area contributed by atoms with Crippen LogP contribution in [0.2, 0.25) is 0 Å². The standard InChI is InChI=1S/C17H26N4O3/c1-17(2,3)24-16(23)21-9-5-6-13(11-21)20(4)12-15(22)14-10-18-7-8-19-14/h7-8,10,13H,5-6,9,11-12H2,1-4H3/t13-/m0/s1. The van der Waals surface area contributed by atoms with Crippen LogP contribution in [-0.2, 0) is 4.74 Å². The van der Waals surface area contributed by atoms with Crippen LogP contribution in [0.15, 0.2) is 18.6 Å². The highest BCUT2D eigenvalue weighted by molar-refractivity contribution is 5.95. The number of likely N-dealkylation sites (tertiary alicyclic amines) is 1. The van der Waals surface area contributed by atoms with E-state index in [0.717, 1.165) is 12.8 Å². The number of rotatable bonds is 4. The van der Waals surface area contributed by atoms with Crippen molar-refractivity contribution in [2.75, 3.05) is 26.7 Å². The summed E-state index contributed by atoms with van der Waals surface area (Å²) in [6.45, 7) is 7.09. The Morgan fingerprint density at radius 2 is 2.12 bits per heavy atom. The Morgan fingerprint density at radius 1 is 1.38 bits per heavy atom. The molecule has 0 unspecified atom stereocenters. The second-order valence-corrected chi connectivity index (χ2v) is 7.15. The lowest BCUT2D eigenvalue weighted by atomic mass is 10.0. The molecule has 2 rings (SSSR count). The van der Waals surface area contributed by atoms with Crippen LogP contribution < -0.4 is 0 Å². The van der Waals surface area contributed by atoms with Crippen molar-refractivity contribution in [1.82, 2.24) is 19.8 Å². The second kappa shape index (κ2) is 7.70. The Kier molecular flexibility index (Phi) is 5.88. The molecular formula is C17H26N4O3. The molecule has 1 aliphatic heterocycles. The van der Waals surface area contributed by atoms with Gasteiger partial charge in [-0.25, -0.2) is 9.78 Å². The summed E-state index contributed by atoms with van der Waals surface area (Å²) in [5.74, 6) is -0.0695. The van der Waals surface area contributed by atoms with Crippen molar-refractivity contribution in [3.05, 3.63) is 24.3 Å². The second-order valence-electron chi connectivity index (χ2n) is 7.15. The molecule has 1 amide bonds. The van der Waals surface area contributed by atoms with Crippen LogP contribution in [-0.4, -0.2) is 70.0 Å². The zero-order chi connectivity index (χ0) is 17.7. The van der Waals surface area contributed by atoms with Gasteiger partial charge in [0.05, 0.1) is 12.7 Å². The third-order valence-corrected chi connectivity index (χ3v) is 3.91. The molecule has 7 heteroatoms. The summed E-state index contributed by atoms with van der Waals surface area (Å²) in [7, 11) is 1.90. The molecule has 2 heterocycles. The SMILES string of the molecule is CN(CC(=O)c1cnccn1)[C@H]1CCCN(C(=O)OC(C)(C)C)C1. The van der Waals surface area contributed by atoms with Gasteiger partial charge in [0.2, 0.25) is 0 Å². The summed E-state index contributed by atoms with van der Waals surface area (Å²) in [6.07, 6.45) is 6.08. The van der Waals surface area contributed by atoms with Gasteiger partial charge in [-0.1, -0.05) is 0 Å². The number of piperidine rings is 1. The largest absolute Gasteiger partial charge is 0.444 e. The number of amides is 1. The Hall–Kier alpha value is -2.02. The van der Waals surface area contributed by atoms with Crippen LogP contribution in [0.25, 0.3) is 0 Å². The van der Waals surface area contributed by atoms with Crippen molar-refractivity contribution in [3.63, 3.8) is 0 Å². The van der Waals surface area contributed by atoms with Gasteiger partial charge in [-0.2, -0.15) is 0 Å². The van der Waals surface area contributed by atoms with Crippen LogP contribution in [0.5, 0.6) is 0 Å². The molecule has 0 saturated carbocycles. The van der Waals surface area contributed by atoms with E-state index in [1.54, 1.807) is 11.1 Å². The first-order valence-electron chi connectivity index (χ1n) is 8.23. The minimum absolute atomic E-state index is 0.0695. The van der Waals surface area contributed by atoms with E-state index < -0.39 is 5.60 Å². The first kappa shape index (κ1) is 18.3. The summed E-state index contributed by atoms with van der Waals surface area (Å²) in [4.78, 5) is 36.1. The molecule has 24 heavy (non-hydrogen) atoms. The molecule has 0 bridgehead atoms. The molecule has 0 N–H and O–H groups in total. The number of ether oxygens (including phenoxy) is 1. The van der Waals surface area contributed by atoms with E-state index in [0.29, 0.717) is 18.8 Å². The predicted molar refractivity (Wildman–Crippen MR) is 89.8 cm³/mol. The maximum Gasteiger partial charge on any atom is 0.410 e. The summed E-state index contributed by atoms with van der Waals surface area (Å²) in [6, 6.07) is 0.131. The highest BCUT2D eigenvalue weighted by Crippen LogP contribution is 2.18. The van der Waals surface area contributed by atoms with E-state index in [4.69, 9.17) is 4.74 Å². The number of likely N-dealkylation sites (N-methyl/N-ethyl adjacent to an activating group) is 1. The highest BCUT2D eigenvalue weighted by Gasteiger charge is 2.30. The van der Waals surface area contributed by atoms with Crippen molar-refractivity contribution < 1.29 is 14.3 Å². The Bertz CT molecular complexity index is 571. The first-order valence-corrected chi connectivity index (χ1v) is 8.23. The van der Waals surface area contributed by atoms with Gasteiger partial charge in [0.25, 0.3) is 0 Å². The number of carbonyl (C=O) groups is 2. The number of carbonyl (C=O) groups excluding carboxylic acids is 2. The van der Waals surface area contributed by atoms with E-state index in [1.807, 2.05) is 32.7 Å². The molecule has 0 radical (unpaired) electrons. The average Bonchev–Trinajstić information content (AvgIpc) is 2.54. The fraction of sp³-hybridized carbons (Fsp3) is 0.647. The molecule has 1 aromatic heterocycles. The van der Waals surface area contributed by atoms with E-state index in [-0.39, 0.29) is 24.5 Å². The van der Waals surface area contributed by atoms with E-state index in [9.17, 15) is 9.59 Å². The Morgan fingerprint density at radius 3 is 2.75 bits per heavy atom. The maximum atomic E-state index is 12.3. The fourth-order valence-corrected chi connectivity index (χ4v) is 2.69. The molecule has 1 atom stereocenters. The lowest BCUT2D eigenvalue weighted by molar-refractivity contribution is 0.0129. The quantitative estimate of drug-likeness (QED) is 0.784. The molecule has 1 fully saturated rings. The number of ketones is 1. The summed E-state index contributed by atoms with van der Waals surface area (Å²) in [5, 5.41) is 0. The molecule has 0 spiro atoms. The van der Waals surface area contributed by atoms with E-state index in [2.05, 4.69) is 9.97 Å². The van der Waals surface area contributed by atoms with Crippen LogP contribution in [0.3, 0.4) is 0 Å². The van der Waals surface area contributed by atoms with Crippen molar-refractivity contribution in [2.24, 2.45) is 0 Å². The van der Waals surface area contributed by atoms with Crippen molar-refractivity contribution in [3.8, 4) is 0 Å². The van der Waals surface area contributed by atoms with Crippen LogP contribution >= 0.6 is 0 Å². The smallest absolute Gasteiger partial charge is 0.410 e. The molecule has 1 aromatic rings. The van der Waals surface area contributed by atoms with Gasteiger partial charge in [0.1, 0.15) is 11.3 Å². The third-order valence-electron chi connectivity index (χ3n) is 3.91. The fourth-order valence-electron chi connectivity index (χ4n) is 2.69. The monoisotopic (exact) mass is 334 g/mol. The number of Topliss-reactive ketones (excluding diaryl/α,β-unsaturated/α-hetero) is 1. The summed E-state index contributed by atoms with van der Waals surface area (Å²) >= 11 is 0. The molecule has 0 aromatic carbocycles. The van der Waals surface area contributed by atoms with Crippen molar-refractivity contribution in [1.29, 1.82) is 0 Å². The van der Waals surface area contributed by atoms with Crippen LogP contribution in [0, 0.1) is 0 Å². The number of hydrogen-bond donors (Lipinski definition) is 0. The predicted octanol–water partition coefficient (Wildman–Crippen LogP) is 1.99. The maximum absolute atomic E-state index is 12.3. The molecule has 7 nitrogen and oxygen atoms in total. The first-order chi connectivity index (χ1) is 11.3. The van der Waals surface area contributed by atoms with Gasteiger partial charge in [0.15, 0.2) is 5.78 Å². The zero-order valence-electron chi connectivity index (χ0n) is 14.9. The minimum Gasteiger partial charge on any atom is -0.444 e. The summed E-state index contributed by atoms with van der Waals surface area (Å²) in [5.41, 5.74) is -0.137. The van der Waals surface area contributed by atoms with E-state index >= 15 is 0 Å². The normalized spacial score (nSPS) is 18.5. The third kappa shape index (κ3) is 5.26. The zero-order valence-corrected chi connectivity index (χ0v) is 14.9. The van der Waals surface area contributed by atoms with Gasteiger partial charge in [-0.15, -0.1) is 0 Å². The topological polar surface area (TPSA) is 75.6 Å². The number of aromatic nitrogens is 2. The van der Waals surface area contributed by atoms with E-state index in [1.165, 1.54) is 12.4 Å². The Labute approximate surface area is 143 Å². The highest BCUT2D eigenvalue weighted by atomic mass is 16.6. The molecule has 132 valence electrons. The number of hydrogen-bond acceptors (Lipinski definition) is 6. The number of nitrogens with zero attached hydrogens (tertiary/aromatic N) is 4. The molecule has 0 aliphatic carbocycles. The Balaban J connectivity index is 1.91. The molecular weight excluding hydrogens is 308 g/mol. The van der Waals surface area contributed by atoms with Gasteiger partial charge < -0.3 is 9.64 Å². The van der Waals surface area contributed by atoms with Crippen LogP contribution in [0.4, 0.5) is 4.79 Å². The van der Waals surface area contributed by atoms with Crippen LogP contribution in [0.1, 0.15) is 44.1 Å². The average molecular weight is 334 g/mol. The molecule has 1 saturated heterocycles. The van der Waals surface area contributed by atoms with Gasteiger partial charge in [-0.3, -0.25) is 14.7 Å². The van der Waals surface area contributed by atoms with Crippen molar-refractivity contribution >= 4 is 11.9 Å². The lowest BCUT2D eigenvalue weighted by Gasteiger charge is -2.37. The van der Waals surface area contributed by atoms with Crippen molar-refractivity contribution in [2.45, 2.75) is 45.3 Å². The van der Waals surface area contributed by atoms with Gasteiger partial charge in [-0.05, 0) is 40.7 Å². The molecule has 1 aliphatic rings. The van der Waals surface area contributed by atoms with Gasteiger partial charge >= 0.3 is 6.09 Å². The lowest BCUT2D eigenvalue weighted by Crippen LogP contribution is -2.50. The summed E-state index contributed by atoms with van der Waals surface area (Å²) < 4.78 is 5.44. The minimum atomic E-state index is -0.502. The van der Waals surface area contributed by atoms with Gasteiger partial charge in [0, 0.05) is 31.5 Å².